The molecule has 1 unspecified atom stereocenters. The van der Waals surface area contributed by atoms with Gasteiger partial charge in [-0.15, -0.1) is 0 Å². The van der Waals surface area contributed by atoms with Gasteiger partial charge in [-0.2, -0.15) is 0 Å². The van der Waals surface area contributed by atoms with Crippen molar-refractivity contribution in [3.8, 4) is 0 Å². The number of anilines is 1. The summed E-state index contributed by atoms with van der Waals surface area (Å²) in [5, 5.41) is 13.7. The van der Waals surface area contributed by atoms with Gasteiger partial charge in [-0.3, -0.25) is 0 Å². The number of carbonyl (C=O) groups excluding carboxylic acids is 1. The van der Waals surface area contributed by atoms with E-state index in [0.717, 1.165) is 4.47 Å². The third kappa shape index (κ3) is 5.17. The molecule has 104 valence electrons. The van der Waals surface area contributed by atoms with Crippen molar-refractivity contribution in [1.29, 1.82) is 0 Å². The molecule has 0 heterocycles. The van der Waals surface area contributed by atoms with Crippen LogP contribution in [-0.4, -0.2) is 36.9 Å². The van der Waals surface area contributed by atoms with Gasteiger partial charge in [0.2, 0.25) is 0 Å². The van der Waals surface area contributed by atoms with Crippen LogP contribution >= 0.6 is 31.9 Å². The lowest BCUT2D eigenvalue weighted by Crippen LogP contribution is -2.45. The zero-order valence-corrected chi connectivity index (χ0v) is 13.1. The van der Waals surface area contributed by atoms with Crippen LogP contribution in [0, 0.1) is 0 Å². The SMILES string of the molecule is COCC(NC(=O)Nc1ccc(Br)cc1Br)C(=O)O. The molecule has 6 nitrogen and oxygen atoms in total. The van der Waals surface area contributed by atoms with Gasteiger partial charge in [0, 0.05) is 16.1 Å². The number of carboxylic acid groups (broad SMARTS) is 1. The van der Waals surface area contributed by atoms with Crippen LogP contribution in [0.5, 0.6) is 0 Å². The summed E-state index contributed by atoms with van der Waals surface area (Å²) in [4.78, 5) is 22.5. The van der Waals surface area contributed by atoms with Crippen LogP contribution < -0.4 is 10.6 Å². The largest absolute Gasteiger partial charge is 0.480 e. The molecule has 8 heteroatoms. The smallest absolute Gasteiger partial charge is 0.328 e. The number of benzene rings is 1. The second-order valence-corrected chi connectivity index (χ2v) is 5.34. The van der Waals surface area contributed by atoms with Gasteiger partial charge >= 0.3 is 12.0 Å². The Morgan fingerprint density at radius 3 is 2.63 bits per heavy atom. The minimum Gasteiger partial charge on any atom is -0.480 e. The summed E-state index contributed by atoms with van der Waals surface area (Å²) >= 11 is 6.58. The average Bonchev–Trinajstić information content (AvgIpc) is 2.32. The van der Waals surface area contributed by atoms with Crippen LogP contribution in [0.2, 0.25) is 0 Å². The number of urea groups is 1. The van der Waals surface area contributed by atoms with Gasteiger partial charge in [-0.25, -0.2) is 9.59 Å². The van der Waals surface area contributed by atoms with E-state index in [2.05, 4.69) is 42.5 Å². The fourth-order valence-corrected chi connectivity index (χ4v) is 2.40. The van der Waals surface area contributed by atoms with E-state index in [4.69, 9.17) is 9.84 Å². The van der Waals surface area contributed by atoms with E-state index >= 15 is 0 Å². The molecule has 2 amide bonds. The summed E-state index contributed by atoms with van der Waals surface area (Å²) in [5.41, 5.74) is 0.530. The molecule has 1 atom stereocenters. The van der Waals surface area contributed by atoms with Gasteiger partial charge in [-0.1, -0.05) is 15.9 Å². The van der Waals surface area contributed by atoms with E-state index in [1.807, 2.05) is 0 Å². The molecular formula is C11H12Br2N2O4. The lowest BCUT2D eigenvalue weighted by molar-refractivity contribution is -0.140. The van der Waals surface area contributed by atoms with E-state index in [0.29, 0.717) is 10.2 Å². The maximum Gasteiger partial charge on any atom is 0.328 e. The first kappa shape index (κ1) is 15.9. The summed E-state index contributed by atoms with van der Waals surface area (Å²) in [5.74, 6) is -1.16. The predicted molar refractivity (Wildman–Crippen MR) is 77.3 cm³/mol. The number of ether oxygens (including phenoxy) is 1. The van der Waals surface area contributed by atoms with Gasteiger partial charge < -0.3 is 20.5 Å². The van der Waals surface area contributed by atoms with Gasteiger partial charge in [0.05, 0.1) is 12.3 Å². The average molecular weight is 396 g/mol. The summed E-state index contributed by atoms with van der Waals surface area (Å²) in [7, 11) is 1.36. The first-order chi connectivity index (χ1) is 8.93. The molecule has 0 saturated heterocycles. The molecule has 0 aliphatic carbocycles. The number of methoxy groups -OCH3 is 1. The highest BCUT2D eigenvalue weighted by Gasteiger charge is 2.19. The third-order valence-corrected chi connectivity index (χ3v) is 3.27. The lowest BCUT2D eigenvalue weighted by atomic mass is 10.3. The molecule has 19 heavy (non-hydrogen) atoms. The van der Waals surface area contributed by atoms with Crippen LogP contribution in [0.4, 0.5) is 10.5 Å². The number of nitrogens with one attached hydrogen (secondary N) is 2. The number of hydrogen-bond acceptors (Lipinski definition) is 3. The van der Waals surface area contributed by atoms with E-state index in [1.54, 1.807) is 18.2 Å². The zero-order chi connectivity index (χ0) is 14.4. The molecule has 0 saturated carbocycles. The Morgan fingerprint density at radius 1 is 1.42 bits per heavy atom. The number of halogens is 2. The van der Waals surface area contributed by atoms with Crippen LogP contribution in [0.15, 0.2) is 27.1 Å². The van der Waals surface area contributed by atoms with E-state index in [9.17, 15) is 9.59 Å². The van der Waals surface area contributed by atoms with Gasteiger partial charge in [0.25, 0.3) is 0 Å². The Bertz CT molecular complexity index is 482. The van der Waals surface area contributed by atoms with Crippen LogP contribution in [0.25, 0.3) is 0 Å². The molecule has 3 N–H and O–H groups in total. The molecule has 1 aromatic carbocycles. The van der Waals surface area contributed by atoms with Crippen molar-refractivity contribution in [1.82, 2.24) is 5.32 Å². The van der Waals surface area contributed by atoms with Gasteiger partial charge in [0.1, 0.15) is 0 Å². The highest BCUT2D eigenvalue weighted by Crippen LogP contribution is 2.25. The van der Waals surface area contributed by atoms with Crippen molar-refractivity contribution in [2.45, 2.75) is 6.04 Å². The van der Waals surface area contributed by atoms with Gasteiger partial charge in [0.15, 0.2) is 6.04 Å². The number of carboxylic acids is 1. The van der Waals surface area contributed by atoms with E-state index < -0.39 is 18.0 Å². The Labute approximate surface area is 126 Å². The molecule has 1 aromatic rings. The second-order valence-electron chi connectivity index (χ2n) is 3.57. The Morgan fingerprint density at radius 2 is 2.11 bits per heavy atom. The van der Waals surface area contributed by atoms with Crippen molar-refractivity contribution in [3.63, 3.8) is 0 Å². The molecular weight excluding hydrogens is 384 g/mol. The standard InChI is InChI=1S/C11H12Br2N2O4/c1-19-5-9(10(16)17)15-11(18)14-8-3-2-6(12)4-7(8)13/h2-4,9H,5H2,1H3,(H,16,17)(H2,14,15,18). The molecule has 0 fully saturated rings. The second kappa shape index (κ2) is 7.46. The molecule has 0 radical (unpaired) electrons. The van der Waals surface area contributed by atoms with Gasteiger partial charge in [-0.05, 0) is 34.1 Å². The number of carbonyl (C=O) groups is 2. The summed E-state index contributed by atoms with van der Waals surface area (Å²) in [6.07, 6.45) is 0. The van der Waals surface area contributed by atoms with Crippen LogP contribution in [0.3, 0.4) is 0 Å². The first-order valence-corrected chi connectivity index (χ1v) is 6.77. The van der Waals surface area contributed by atoms with E-state index in [-0.39, 0.29) is 6.61 Å². The fraction of sp³-hybridized carbons (Fsp3) is 0.273. The maximum absolute atomic E-state index is 11.7. The maximum atomic E-state index is 11.7. The summed E-state index contributed by atoms with van der Waals surface area (Å²) < 4.78 is 6.25. The Kier molecular flexibility index (Phi) is 6.26. The van der Waals surface area contributed by atoms with Crippen molar-refractivity contribution in [2.24, 2.45) is 0 Å². The molecule has 0 bridgehead atoms. The lowest BCUT2D eigenvalue weighted by Gasteiger charge is -2.14. The first-order valence-electron chi connectivity index (χ1n) is 5.18. The number of amides is 2. The van der Waals surface area contributed by atoms with Crippen LogP contribution in [-0.2, 0) is 9.53 Å². The number of rotatable bonds is 5. The van der Waals surface area contributed by atoms with E-state index in [1.165, 1.54) is 7.11 Å². The molecule has 0 spiro atoms. The fourth-order valence-electron chi connectivity index (χ4n) is 1.25. The van der Waals surface area contributed by atoms with Crippen LogP contribution in [0.1, 0.15) is 0 Å². The van der Waals surface area contributed by atoms with Crippen molar-refractivity contribution >= 4 is 49.5 Å². The Balaban J connectivity index is 2.66. The van der Waals surface area contributed by atoms with Crippen molar-refractivity contribution in [3.05, 3.63) is 27.1 Å². The number of aliphatic carboxylic acids is 1. The molecule has 0 aromatic heterocycles. The highest BCUT2D eigenvalue weighted by molar-refractivity contribution is 9.11. The van der Waals surface area contributed by atoms with Crippen molar-refractivity contribution < 1.29 is 19.4 Å². The predicted octanol–water partition coefficient (Wildman–Crippen LogP) is 2.43. The molecule has 0 aliphatic rings. The van der Waals surface area contributed by atoms with Crippen molar-refractivity contribution in [2.75, 3.05) is 19.0 Å². The molecule has 0 aliphatic heterocycles. The molecule has 1 rings (SSSR count). The minimum atomic E-state index is -1.16. The summed E-state index contributed by atoms with van der Waals surface area (Å²) in [6, 6.07) is 3.48. The third-order valence-electron chi connectivity index (χ3n) is 2.12. The topological polar surface area (TPSA) is 87.7 Å². The highest BCUT2D eigenvalue weighted by atomic mass is 79.9. The normalized spacial score (nSPS) is 11.7. The quantitative estimate of drug-likeness (QED) is 0.714. The Hall–Kier alpha value is -1.12. The zero-order valence-electron chi connectivity index (χ0n) is 9.94. The summed E-state index contributed by atoms with van der Waals surface area (Å²) in [6.45, 7) is -0.107. The monoisotopic (exact) mass is 394 g/mol. The number of hydrogen-bond donors (Lipinski definition) is 3. The minimum absolute atomic E-state index is 0.107.